The summed E-state index contributed by atoms with van der Waals surface area (Å²) in [5, 5.41) is 4.25. The van der Waals surface area contributed by atoms with Gasteiger partial charge in [-0.05, 0) is 50.3 Å². The number of para-hydroxylation sites is 1. The van der Waals surface area contributed by atoms with Gasteiger partial charge in [0, 0.05) is 24.1 Å². The van der Waals surface area contributed by atoms with Crippen molar-refractivity contribution in [1.82, 2.24) is 10.1 Å². The van der Waals surface area contributed by atoms with Gasteiger partial charge in [-0.15, -0.1) is 0 Å². The Morgan fingerprint density at radius 2 is 1.87 bits per heavy atom. The van der Waals surface area contributed by atoms with Crippen molar-refractivity contribution in [3.05, 3.63) is 71.4 Å². The van der Waals surface area contributed by atoms with E-state index in [1.807, 2.05) is 60.4 Å². The molecule has 6 nitrogen and oxygen atoms in total. The largest absolute Gasteiger partial charge is 0.496 e. The van der Waals surface area contributed by atoms with Crippen LogP contribution in [0.3, 0.4) is 0 Å². The van der Waals surface area contributed by atoms with Gasteiger partial charge in [-0.1, -0.05) is 41.1 Å². The average Bonchev–Trinajstić information content (AvgIpc) is 3.49. The van der Waals surface area contributed by atoms with E-state index in [0.29, 0.717) is 24.7 Å². The fourth-order valence-electron chi connectivity index (χ4n) is 4.51. The minimum atomic E-state index is -0.283. The number of aromatic nitrogens is 2. The van der Waals surface area contributed by atoms with Gasteiger partial charge < -0.3 is 14.2 Å². The standard InChI is InChI=1S/C25H27N3O3/c1-16-7-11-18(12-8-16)28-23(29)14-13-20(24(28)19-5-3-4-6-21(19)30-2)25-26-22(27-31-25)15-17-9-10-17/h3-8,11-12,17,20,24H,9-10,13-15H2,1-2H3. The molecule has 2 aromatic carbocycles. The topological polar surface area (TPSA) is 68.5 Å². The maximum Gasteiger partial charge on any atom is 0.232 e. The predicted molar refractivity (Wildman–Crippen MR) is 117 cm³/mol. The Labute approximate surface area is 182 Å². The maximum atomic E-state index is 13.2. The lowest BCUT2D eigenvalue weighted by atomic mass is 9.83. The molecular formula is C25H27N3O3. The highest BCUT2D eigenvalue weighted by Gasteiger charge is 2.42. The van der Waals surface area contributed by atoms with Gasteiger partial charge in [-0.3, -0.25) is 4.79 Å². The lowest BCUT2D eigenvalue weighted by Gasteiger charge is -2.40. The van der Waals surface area contributed by atoms with Crippen LogP contribution in [0.15, 0.2) is 53.1 Å². The number of aryl methyl sites for hydroxylation is 1. The van der Waals surface area contributed by atoms with Gasteiger partial charge >= 0.3 is 0 Å². The van der Waals surface area contributed by atoms with Crippen molar-refractivity contribution in [3.8, 4) is 5.75 Å². The smallest absolute Gasteiger partial charge is 0.232 e. The maximum absolute atomic E-state index is 13.2. The number of amides is 1. The third-order valence-corrected chi connectivity index (χ3v) is 6.34. The van der Waals surface area contributed by atoms with Crippen LogP contribution in [-0.2, 0) is 11.2 Å². The molecule has 1 aromatic heterocycles. The molecule has 6 heteroatoms. The van der Waals surface area contributed by atoms with Gasteiger partial charge in [-0.25, -0.2) is 0 Å². The van der Waals surface area contributed by atoms with Gasteiger partial charge in [0.1, 0.15) is 5.75 Å². The first kappa shape index (κ1) is 19.8. The van der Waals surface area contributed by atoms with Crippen molar-refractivity contribution < 1.29 is 14.1 Å². The molecule has 1 amide bonds. The summed E-state index contributed by atoms with van der Waals surface area (Å²) in [5.74, 6) is 2.81. The van der Waals surface area contributed by atoms with Crippen molar-refractivity contribution in [2.75, 3.05) is 12.0 Å². The highest BCUT2D eigenvalue weighted by molar-refractivity contribution is 5.95. The Bertz CT molecular complexity index is 1070. The van der Waals surface area contributed by atoms with E-state index in [0.717, 1.165) is 34.8 Å². The number of carbonyl (C=O) groups excluding carboxylic acids is 1. The molecular weight excluding hydrogens is 390 g/mol. The molecule has 2 fully saturated rings. The van der Waals surface area contributed by atoms with Gasteiger partial charge in [0.2, 0.25) is 11.8 Å². The molecule has 2 aliphatic rings. The normalized spacial score (nSPS) is 21.4. The van der Waals surface area contributed by atoms with Crippen LogP contribution in [0.5, 0.6) is 5.75 Å². The van der Waals surface area contributed by atoms with Gasteiger partial charge in [0.25, 0.3) is 0 Å². The lowest BCUT2D eigenvalue weighted by Crippen LogP contribution is -2.42. The molecule has 31 heavy (non-hydrogen) atoms. The fraction of sp³-hybridized carbons (Fsp3) is 0.400. The minimum Gasteiger partial charge on any atom is -0.496 e. The van der Waals surface area contributed by atoms with Crippen LogP contribution in [0.2, 0.25) is 0 Å². The Morgan fingerprint density at radius 3 is 2.61 bits per heavy atom. The number of hydrogen-bond acceptors (Lipinski definition) is 5. The molecule has 0 N–H and O–H groups in total. The quantitative estimate of drug-likeness (QED) is 0.565. The second-order valence-corrected chi connectivity index (χ2v) is 8.63. The van der Waals surface area contributed by atoms with E-state index in [2.05, 4.69) is 5.16 Å². The van der Waals surface area contributed by atoms with Crippen LogP contribution < -0.4 is 9.64 Å². The number of benzene rings is 2. The Balaban J connectivity index is 1.59. The number of rotatable bonds is 6. The molecule has 2 unspecified atom stereocenters. The van der Waals surface area contributed by atoms with Crippen molar-refractivity contribution in [1.29, 1.82) is 0 Å². The highest BCUT2D eigenvalue weighted by Crippen LogP contribution is 2.47. The summed E-state index contributed by atoms with van der Waals surface area (Å²) >= 11 is 0. The van der Waals surface area contributed by atoms with E-state index >= 15 is 0 Å². The molecule has 3 aromatic rings. The zero-order valence-corrected chi connectivity index (χ0v) is 18.0. The Kier molecular flexibility index (Phi) is 5.22. The number of hydrogen-bond donors (Lipinski definition) is 0. The first-order valence-corrected chi connectivity index (χ1v) is 11.0. The van der Waals surface area contributed by atoms with E-state index in [9.17, 15) is 4.79 Å². The number of methoxy groups -OCH3 is 1. The predicted octanol–water partition coefficient (Wildman–Crippen LogP) is 4.99. The lowest BCUT2D eigenvalue weighted by molar-refractivity contribution is -0.120. The molecule has 2 heterocycles. The molecule has 1 saturated carbocycles. The van der Waals surface area contributed by atoms with Crippen LogP contribution in [-0.4, -0.2) is 23.2 Å². The number of piperidine rings is 1. The Hall–Kier alpha value is -3.15. The van der Waals surface area contributed by atoms with Crippen molar-refractivity contribution in [3.63, 3.8) is 0 Å². The van der Waals surface area contributed by atoms with E-state index in [1.54, 1.807) is 7.11 Å². The number of carbonyl (C=O) groups is 1. The number of nitrogens with zero attached hydrogens (tertiary/aromatic N) is 3. The van der Waals surface area contributed by atoms with Gasteiger partial charge in [0.15, 0.2) is 5.82 Å². The Morgan fingerprint density at radius 1 is 1.10 bits per heavy atom. The highest BCUT2D eigenvalue weighted by atomic mass is 16.5. The van der Waals surface area contributed by atoms with Crippen LogP contribution in [0.4, 0.5) is 5.69 Å². The summed E-state index contributed by atoms with van der Waals surface area (Å²) in [5.41, 5.74) is 2.97. The second kappa shape index (κ2) is 8.17. The third kappa shape index (κ3) is 3.94. The SMILES string of the molecule is COc1ccccc1C1C(c2nc(CC3CC3)no2)CCC(=O)N1c1ccc(C)cc1. The molecule has 1 saturated heterocycles. The molecule has 2 atom stereocenters. The van der Waals surface area contributed by atoms with Crippen LogP contribution >= 0.6 is 0 Å². The first-order chi connectivity index (χ1) is 15.1. The monoisotopic (exact) mass is 417 g/mol. The van der Waals surface area contributed by atoms with Crippen LogP contribution in [0.25, 0.3) is 0 Å². The molecule has 1 aliphatic carbocycles. The molecule has 0 radical (unpaired) electrons. The number of ether oxygens (including phenoxy) is 1. The summed E-state index contributed by atoms with van der Waals surface area (Å²) in [7, 11) is 1.66. The minimum absolute atomic E-state index is 0.0914. The van der Waals surface area contributed by atoms with Crippen molar-refractivity contribution in [2.24, 2.45) is 5.92 Å². The fourth-order valence-corrected chi connectivity index (χ4v) is 4.51. The van der Waals surface area contributed by atoms with E-state index in [-0.39, 0.29) is 17.9 Å². The van der Waals surface area contributed by atoms with E-state index < -0.39 is 0 Å². The zero-order chi connectivity index (χ0) is 21.4. The van der Waals surface area contributed by atoms with Crippen LogP contribution in [0.1, 0.15) is 60.5 Å². The van der Waals surface area contributed by atoms with E-state index in [1.165, 1.54) is 12.8 Å². The van der Waals surface area contributed by atoms with Gasteiger partial charge in [-0.2, -0.15) is 4.98 Å². The first-order valence-electron chi connectivity index (χ1n) is 11.0. The zero-order valence-electron chi connectivity index (χ0n) is 18.0. The third-order valence-electron chi connectivity index (χ3n) is 6.34. The molecule has 160 valence electrons. The average molecular weight is 418 g/mol. The second-order valence-electron chi connectivity index (χ2n) is 8.63. The van der Waals surface area contributed by atoms with E-state index in [4.69, 9.17) is 14.2 Å². The number of anilines is 1. The van der Waals surface area contributed by atoms with Crippen molar-refractivity contribution >= 4 is 11.6 Å². The van der Waals surface area contributed by atoms with Gasteiger partial charge in [0.05, 0.1) is 19.1 Å². The summed E-state index contributed by atoms with van der Waals surface area (Å²) in [6.07, 6.45) is 4.45. The summed E-state index contributed by atoms with van der Waals surface area (Å²) in [6, 6.07) is 15.7. The molecule has 5 rings (SSSR count). The summed E-state index contributed by atoms with van der Waals surface area (Å²) in [4.78, 5) is 19.9. The summed E-state index contributed by atoms with van der Waals surface area (Å²) in [6.45, 7) is 2.04. The van der Waals surface area contributed by atoms with Crippen molar-refractivity contribution in [2.45, 2.75) is 51.0 Å². The summed E-state index contributed by atoms with van der Waals surface area (Å²) < 4.78 is 11.4. The van der Waals surface area contributed by atoms with Crippen LogP contribution in [0, 0.1) is 12.8 Å². The molecule has 0 bridgehead atoms. The molecule has 0 spiro atoms. The molecule has 1 aliphatic heterocycles.